The summed E-state index contributed by atoms with van der Waals surface area (Å²) >= 11 is 0. The SMILES string of the molecule is CCCC(=O)Nc1ccc(CNC(=NC)NCCc2ccc(-n3cccn3)cc2)cc1.I. The molecular formula is C24H31IN6O. The fourth-order valence-electron chi connectivity index (χ4n) is 3.13. The molecule has 3 N–H and O–H groups in total. The van der Waals surface area contributed by atoms with Crippen molar-refractivity contribution in [2.45, 2.75) is 32.7 Å². The second-order valence-electron chi connectivity index (χ2n) is 7.21. The Morgan fingerprint density at radius 3 is 2.38 bits per heavy atom. The van der Waals surface area contributed by atoms with Crippen molar-refractivity contribution in [1.82, 2.24) is 20.4 Å². The molecule has 7 nitrogen and oxygen atoms in total. The molecule has 32 heavy (non-hydrogen) atoms. The van der Waals surface area contributed by atoms with Gasteiger partial charge in [0.05, 0.1) is 5.69 Å². The number of amides is 1. The van der Waals surface area contributed by atoms with Gasteiger partial charge >= 0.3 is 0 Å². The van der Waals surface area contributed by atoms with Crippen molar-refractivity contribution < 1.29 is 4.79 Å². The molecule has 1 aromatic heterocycles. The lowest BCUT2D eigenvalue weighted by molar-refractivity contribution is -0.116. The van der Waals surface area contributed by atoms with E-state index in [1.54, 1.807) is 13.2 Å². The van der Waals surface area contributed by atoms with Crippen LogP contribution < -0.4 is 16.0 Å². The van der Waals surface area contributed by atoms with Gasteiger partial charge in [-0.2, -0.15) is 5.10 Å². The Hall–Kier alpha value is -2.88. The Morgan fingerprint density at radius 1 is 1.03 bits per heavy atom. The Morgan fingerprint density at radius 2 is 1.75 bits per heavy atom. The molecule has 0 saturated heterocycles. The molecule has 0 aliphatic carbocycles. The summed E-state index contributed by atoms with van der Waals surface area (Å²) < 4.78 is 1.85. The minimum atomic E-state index is 0. The second-order valence-corrected chi connectivity index (χ2v) is 7.21. The largest absolute Gasteiger partial charge is 0.356 e. The molecule has 0 aliphatic rings. The van der Waals surface area contributed by atoms with Crippen LogP contribution in [0.3, 0.4) is 0 Å². The normalized spacial score (nSPS) is 10.9. The second kappa shape index (κ2) is 13.5. The van der Waals surface area contributed by atoms with Crippen LogP contribution >= 0.6 is 24.0 Å². The quantitative estimate of drug-likeness (QED) is 0.214. The number of carbonyl (C=O) groups is 1. The van der Waals surface area contributed by atoms with Crippen molar-refractivity contribution in [3.63, 3.8) is 0 Å². The zero-order chi connectivity index (χ0) is 21.9. The highest BCUT2D eigenvalue weighted by Crippen LogP contribution is 2.11. The predicted molar refractivity (Wildman–Crippen MR) is 141 cm³/mol. The molecule has 8 heteroatoms. The number of nitrogens with zero attached hydrogens (tertiary/aromatic N) is 3. The first-order chi connectivity index (χ1) is 15.2. The standard InChI is InChI=1S/C24H30N6O.HI/c1-3-5-23(31)29-21-10-6-20(7-11-21)18-27-24(25-2)26-16-14-19-8-12-22(13-9-19)30-17-4-15-28-30;/h4,6-13,15,17H,3,5,14,16,18H2,1-2H3,(H,29,31)(H2,25,26,27);1H. The van der Waals surface area contributed by atoms with Crippen LogP contribution in [0.15, 0.2) is 72.0 Å². The highest BCUT2D eigenvalue weighted by Gasteiger charge is 2.03. The number of hydrogen-bond donors (Lipinski definition) is 3. The summed E-state index contributed by atoms with van der Waals surface area (Å²) in [6, 6.07) is 18.2. The van der Waals surface area contributed by atoms with E-state index in [0.717, 1.165) is 42.3 Å². The van der Waals surface area contributed by atoms with Gasteiger partial charge in [-0.15, -0.1) is 24.0 Å². The van der Waals surface area contributed by atoms with Crippen molar-refractivity contribution >= 4 is 41.5 Å². The summed E-state index contributed by atoms with van der Waals surface area (Å²) in [5.41, 5.74) is 4.24. The van der Waals surface area contributed by atoms with E-state index in [1.165, 1.54) is 5.56 Å². The maximum atomic E-state index is 11.7. The molecule has 0 fully saturated rings. The van der Waals surface area contributed by atoms with E-state index < -0.39 is 0 Å². The summed E-state index contributed by atoms with van der Waals surface area (Å²) in [6.45, 7) is 3.43. The monoisotopic (exact) mass is 546 g/mol. The lowest BCUT2D eigenvalue weighted by Crippen LogP contribution is -2.37. The summed E-state index contributed by atoms with van der Waals surface area (Å²) in [7, 11) is 1.76. The molecule has 0 bridgehead atoms. The van der Waals surface area contributed by atoms with Gasteiger partial charge in [-0.3, -0.25) is 9.79 Å². The summed E-state index contributed by atoms with van der Waals surface area (Å²) in [5, 5.41) is 13.8. The first-order valence-electron chi connectivity index (χ1n) is 10.6. The Labute approximate surface area is 206 Å². The molecule has 0 unspecified atom stereocenters. The van der Waals surface area contributed by atoms with Gasteiger partial charge in [-0.05, 0) is 54.3 Å². The van der Waals surface area contributed by atoms with E-state index in [2.05, 4.69) is 50.3 Å². The molecule has 170 valence electrons. The predicted octanol–water partition coefficient (Wildman–Crippen LogP) is 4.14. The number of aromatic nitrogens is 2. The summed E-state index contributed by atoms with van der Waals surface area (Å²) in [6.07, 6.45) is 5.99. The number of carbonyl (C=O) groups excluding carboxylic acids is 1. The highest BCUT2D eigenvalue weighted by molar-refractivity contribution is 14.0. The van der Waals surface area contributed by atoms with Gasteiger partial charge in [0.15, 0.2) is 5.96 Å². The van der Waals surface area contributed by atoms with Crippen LogP contribution in [0.4, 0.5) is 5.69 Å². The van der Waals surface area contributed by atoms with Crippen molar-refractivity contribution in [2.24, 2.45) is 4.99 Å². The van der Waals surface area contributed by atoms with Crippen LogP contribution in [0.5, 0.6) is 0 Å². The molecular weight excluding hydrogens is 515 g/mol. The van der Waals surface area contributed by atoms with Gasteiger partial charge in [-0.1, -0.05) is 31.2 Å². The zero-order valence-corrected chi connectivity index (χ0v) is 20.9. The minimum Gasteiger partial charge on any atom is -0.356 e. The number of hydrogen-bond acceptors (Lipinski definition) is 3. The van der Waals surface area contributed by atoms with Crippen molar-refractivity contribution in [3.05, 3.63) is 78.1 Å². The van der Waals surface area contributed by atoms with Gasteiger partial charge in [-0.25, -0.2) is 4.68 Å². The zero-order valence-electron chi connectivity index (χ0n) is 18.5. The molecule has 3 rings (SSSR count). The fourth-order valence-corrected chi connectivity index (χ4v) is 3.13. The molecule has 3 aromatic rings. The molecule has 0 aliphatic heterocycles. The van der Waals surface area contributed by atoms with E-state index in [-0.39, 0.29) is 29.9 Å². The van der Waals surface area contributed by atoms with E-state index in [1.807, 2.05) is 48.1 Å². The molecule has 0 saturated carbocycles. The molecule has 0 radical (unpaired) electrons. The number of aliphatic imine (C=N–C) groups is 1. The van der Waals surface area contributed by atoms with Crippen LogP contribution in [-0.2, 0) is 17.8 Å². The number of halogens is 1. The third-order valence-electron chi connectivity index (χ3n) is 4.81. The van der Waals surface area contributed by atoms with Gasteiger partial charge in [0.2, 0.25) is 5.91 Å². The van der Waals surface area contributed by atoms with Gasteiger partial charge in [0, 0.05) is 44.6 Å². The average molecular weight is 546 g/mol. The third-order valence-corrected chi connectivity index (χ3v) is 4.81. The number of guanidine groups is 1. The van der Waals surface area contributed by atoms with Crippen LogP contribution in [0.25, 0.3) is 5.69 Å². The lowest BCUT2D eigenvalue weighted by Gasteiger charge is -2.13. The number of rotatable bonds is 9. The smallest absolute Gasteiger partial charge is 0.224 e. The van der Waals surface area contributed by atoms with E-state index in [9.17, 15) is 4.79 Å². The number of benzene rings is 2. The highest BCUT2D eigenvalue weighted by atomic mass is 127. The van der Waals surface area contributed by atoms with Crippen LogP contribution in [0.2, 0.25) is 0 Å². The third kappa shape index (κ3) is 7.99. The topological polar surface area (TPSA) is 83.3 Å². The Balaban J connectivity index is 0.00000363. The average Bonchev–Trinajstić information content (AvgIpc) is 3.33. The van der Waals surface area contributed by atoms with E-state index in [4.69, 9.17) is 0 Å². The van der Waals surface area contributed by atoms with Gasteiger partial charge < -0.3 is 16.0 Å². The van der Waals surface area contributed by atoms with Gasteiger partial charge in [0.25, 0.3) is 0 Å². The minimum absolute atomic E-state index is 0. The van der Waals surface area contributed by atoms with Crippen molar-refractivity contribution in [3.8, 4) is 5.69 Å². The lowest BCUT2D eigenvalue weighted by atomic mass is 10.1. The fraction of sp³-hybridized carbons (Fsp3) is 0.292. The number of anilines is 1. The van der Waals surface area contributed by atoms with E-state index >= 15 is 0 Å². The maximum Gasteiger partial charge on any atom is 0.224 e. The molecule has 2 aromatic carbocycles. The molecule has 0 atom stereocenters. The first kappa shape index (κ1) is 25.4. The van der Waals surface area contributed by atoms with Crippen LogP contribution in [-0.4, -0.2) is 35.2 Å². The van der Waals surface area contributed by atoms with Crippen LogP contribution in [0.1, 0.15) is 30.9 Å². The Kier molecular flexibility index (Phi) is 10.7. The van der Waals surface area contributed by atoms with Gasteiger partial charge in [0.1, 0.15) is 0 Å². The van der Waals surface area contributed by atoms with Crippen LogP contribution in [0, 0.1) is 0 Å². The summed E-state index contributed by atoms with van der Waals surface area (Å²) in [4.78, 5) is 16.0. The molecule has 1 heterocycles. The van der Waals surface area contributed by atoms with Crippen molar-refractivity contribution in [2.75, 3.05) is 18.9 Å². The first-order valence-corrected chi connectivity index (χ1v) is 10.6. The maximum absolute atomic E-state index is 11.7. The molecule has 0 spiro atoms. The van der Waals surface area contributed by atoms with Crippen molar-refractivity contribution in [1.29, 1.82) is 0 Å². The summed E-state index contributed by atoms with van der Waals surface area (Å²) in [5.74, 6) is 0.808. The Bertz CT molecular complexity index is 969. The van der Waals surface area contributed by atoms with E-state index in [0.29, 0.717) is 13.0 Å². The molecule has 1 amide bonds. The number of nitrogens with one attached hydrogen (secondary N) is 3.